The second-order valence-corrected chi connectivity index (χ2v) is 5.88. The molecule has 2 aromatic heterocycles. The summed E-state index contributed by atoms with van der Waals surface area (Å²) < 4.78 is 1.65. The fourth-order valence-corrected chi connectivity index (χ4v) is 2.61. The highest BCUT2D eigenvalue weighted by molar-refractivity contribution is 6.05. The number of nitrogens with two attached hydrogens (primary N) is 1. The van der Waals surface area contributed by atoms with Crippen LogP contribution in [0.2, 0.25) is 0 Å². The van der Waals surface area contributed by atoms with Crippen LogP contribution in [0.3, 0.4) is 0 Å². The minimum Gasteiger partial charge on any atom is -0.397 e. The van der Waals surface area contributed by atoms with Crippen LogP contribution in [0.5, 0.6) is 0 Å². The number of amides is 1. The molecule has 0 aliphatic heterocycles. The summed E-state index contributed by atoms with van der Waals surface area (Å²) in [6.45, 7) is 0. The Kier molecular flexibility index (Phi) is 4.32. The number of nitrogen functional groups attached to an aromatic ring is 1. The average molecular weight is 356 g/mol. The van der Waals surface area contributed by atoms with Crippen molar-refractivity contribution in [1.29, 1.82) is 0 Å². The molecule has 0 radical (unpaired) electrons. The second kappa shape index (κ2) is 7.09. The number of benzene rings is 2. The minimum atomic E-state index is -0.228. The first-order valence-corrected chi connectivity index (χ1v) is 8.30. The number of aromatic nitrogens is 4. The molecule has 1 amide bonds. The molecule has 0 unspecified atom stereocenters. The molecule has 0 spiro atoms. The van der Waals surface area contributed by atoms with Gasteiger partial charge in [-0.2, -0.15) is 0 Å². The number of carbonyl (C=O) groups excluding carboxylic acids is 1. The molecule has 2 heterocycles. The molecule has 3 N–H and O–H groups in total. The molecular weight excluding hydrogens is 340 g/mol. The third kappa shape index (κ3) is 3.52. The van der Waals surface area contributed by atoms with Crippen molar-refractivity contribution in [3.63, 3.8) is 0 Å². The van der Waals surface area contributed by atoms with Crippen molar-refractivity contribution in [3.8, 4) is 16.9 Å². The lowest BCUT2D eigenvalue weighted by Crippen LogP contribution is -2.13. The van der Waals surface area contributed by atoms with E-state index in [9.17, 15) is 4.79 Å². The lowest BCUT2D eigenvalue weighted by molar-refractivity contribution is 0.102. The summed E-state index contributed by atoms with van der Waals surface area (Å²) in [5, 5.41) is 11.1. The zero-order valence-corrected chi connectivity index (χ0v) is 14.3. The van der Waals surface area contributed by atoms with E-state index in [4.69, 9.17) is 5.73 Å². The molecular formula is C20H16N6O. The van der Waals surface area contributed by atoms with E-state index in [0.29, 0.717) is 16.9 Å². The Hall–Kier alpha value is -4.00. The van der Waals surface area contributed by atoms with Crippen LogP contribution >= 0.6 is 0 Å². The molecule has 4 rings (SSSR count). The largest absolute Gasteiger partial charge is 0.397 e. The molecule has 7 heteroatoms. The number of pyridine rings is 1. The summed E-state index contributed by atoms with van der Waals surface area (Å²) in [6, 6.07) is 18.0. The van der Waals surface area contributed by atoms with Gasteiger partial charge in [-0.3, -0.25) is 9.78 Å². The maximum absolute atomic E-state index is 12.4. The monoisotopic (exact) mass is 356 g/mol. The highest BCUT2D eigenvalue weighted by Gasteiger charge is 2.09. The summed E-state index contributed by atoms with van der Waals surface area (Å²) in [7, 11) is 0. The number of hydrogen-bond acceptors (Lipinski definition) is 5. The average Bonchev–Trinajstić information content (AvgIpc) is 3.21. The molecule has 27 heavy (non-hydrogen) atoms. The molecule has 0 bridgehead atoms. The van der Waals surface area contributed by atoms with Gasteiger partial charge in [-0.05, 0) is 48.5 Å². The summed E-state index contributed by atoms with van der Waals surface area (Å²) in [5.41, 5.74) is 9.91. The molecule has 0 aliphatic rings. The Morgan fingerprint density at radius 2 is 1.81 bits per heavy atom. The molecule has 2 aromatic carbocycles. The van der Waals surface area contributed by atoms with E-state index >= 15 is 0 Å². The fourth-order valence-electron chi connectivity index (χ4n) is 2.61. The van der Waals surface area contributed by atoms with Gasteiger partial charge in [-0.1, -0.05) is 17.3 Å². The van der Waals surface area contributed by atoms with Gasteiger partial charge in [0, 0.05) is 23.5 Å². The van der Waals surface area contributed by atoms with Crippen LogP contribution in [-0.2, 0) is 0 Å². The molecule has 0 atom stereocenters. The first-order chi connectivity index (χ1) is 13.2. The van der Waals surface area contributed by atoms with E-state index in [2.05, 4.69) is 20.6 Å². The number of nitrogens with zero attached hydrogens (tertiary/aromatic N) is 4. The number of rotatable bonds is 4. The number of carbonyl (C=O) groups is 1. The van der Waals surface area contributed by atoms with Gasteiger partial charge in [0.15, 0.2) is 0 Å². The third-order valence-corrected chi connectivity index (χ3v) is 4.05. The number of anilines is 2. The van der Waals surface area contributed by atoms with Gasteiger partial charge in [0.05, 0.1) is 23.3 Å². The lowest BCUT2D eigenvalue weighted by Gasteiger charge is -2.08. The van der Waals surface area contributed by atoms with Crippen LogP contribution in [0.4, 0.5) is 11.4 Å². The number of para-hydroxylation sites is 2. The van der Waals surface area contributed by atoms with Crippen molar-refractivity contribution >= 4 is 17.3 Å². The van der Waals surface area contributed by atoms with Crippen molar-refractivity contribution < 1.29 is 4.79 Å². The molecule has 0 aliphatic carbocycles. The summed E-state index contributed by atoms with van der Waals surface area (Å²) in [6.07, 6.45) is 5.26. The smallest absolute Gasteiger partial charge is 0.255 e. The van der Waals surface area contributed by atoms with Crippen LogP contribution in [0.25, 0.3) is 16.9 Å². The topological polar surface area (TPSA) is 98.7 Å². The van der Waals surface area contributed by atoms with Crippen molar-refractivity contribution in [3.05, 3.63) is 84.8 Å². The zero-order chi connectivity index (χ0) is 18.6. The SMILES string of the molecule is Nc1ccccc1NC(=O)c1ccc(-n2cc(-c3cccnc3)nn2)cc1. The fraction of sp³-hybridized carbons (Fsp3) is 0. The molecule has 4 aromatic rings. The van der Waals surface area contributed by atoms with E-state index < -0.39 is 0 Å². The van der Waals surface area contributed by atoms with Crippen LogP contribution < -0.4 is 11.1 Å². The highest BCUT2D eigenvalue weighted by atomic mass is 16.1. The first-order valence-electron chi connectivity index (χ1n) is 8.30. The Morgan fingerprint density at radius 1 is 1.00 bits per heavy atom. The molecule has 0 saturated carbocycles. The predicted octanol–water partition coefficient (Wildman–Crippen LogP) is 3.16. The van der Waals surface area contributed by atoms with Gasteiger partial charge >= 0.3 is 0 Å². The van der Waals surface area contributed by atoms with Gasteiger partial charge in [0.2, 0.25) is 0 Å². The quantitative estimate of drug-likeness (QED) is 0.547. The van der Waals surface area contributed by atoms with Crippen molar-refractivity contribution in [2.75, 3.05) is 11.1 Å². The standard InChI is InChI=1S/C20H16N6O/c21-17-5-1-2-6-18(17)23-20(27)14-7-9-16(10-8-14)26-13-19(24-25-26)15-4-3-11-22-12-15/h1-13H,21H2,(H,23,27). The van der Waals surface area contributed by atoms with Crippen LogP contribution in [0, 0.1) is 0 Å². The van der Waals surface area contributed by atoms with Crippen LogP contribution in [0.1, 0.15) is 10.4 Å². The Balaban J connectivity index is 1.52. The van der Waals surface area contributed by atoms with Gasteiger partial charge in [0.1, 0.15) is 5.69 Å². The highest BCUT2D eigenvalue weighted by Crippen LogP contribution is 2.19. The van der Waals surface area contributed by atoms with Crippen LogP contribution in [-0.4, -0.2) is 25.9 Å². The maximum atomic E-state index is 12.4. The second-order valence-electron chi connectivity index (χ2n) is 5.88. The van der Waals surface area contributed by atoms with Crippen LogP contribution in [0.15, 0.2) is 79.3 Å². The van der Waals surface area contributed by atoms with Gasteiger partial charge in [-0.15, -0.1) is 5.10 Å². The summed E-state index contributed by atoms with van der Waals surface area (Å²) >= 11 is 0. The van der Waals surface area contributed by atoms with E-state index in [0.717, 1.165) is 16.9 Å². The molecule has 0 fully saturated rings. The van der Waals surface area contributed by atoms with Crippen molar-refractivity contribution in [2.45, 2.75) is 0 Å². The molecule has 0 saturated heterocycles. The number of nitrogens with one attached hydrogen (secondary N) is 1. The van der Waals surface area contributed by atoms with Gasteiger partial charge in [-0.25, -0.2) is 4.68 Å². The minimum absolute atomic E-state index is 0.228. The van der Waals surface area contributed by atoms with E-state index in [1.54, 1.807) is 41.3 Å². The van der Waals surface area contributed by atoms with Crippen molar-refractivity contribution in [2.24, 2.45) is 0 Å². The summed E-state index contributed by atoms with van der Waals surface area (Å²) in [4.78, 5) is 16.5. The Morgan fingerprint density at radius 3 is 2.56 bits per heavy atom. The molecule has 132 valence electrons. The predicted molar refractivity (Wildman–Crippen MR) is 103 cm³/mol. The van der Waals surface area contributed by atoms with Crippen molar-refractivity contribution in [1.82, 2.24) is 20.0 Å². The third-order valence-electron chi connectivity index (χ3n) is 4.05. The normalized spacial score (nSPS) is 10.5. The maximum Gasteiger partial charge on any atom is 0.255 e. The Labute approximate surface area is 155 Å². The zero-order valence-electron chi connectivity index (χ0n) is 14.3. The number of hydrogen-bond donors (Lipinski definition) is 2. The summed E-state index contributed by atoms with van der Waals surface area (Å²) in [5.74, 6) is -0.228. The van der Waals surface area contributed by atoms with E-state index in [1.807, 2.05) is 42.6 Å². The molecule has 7 nitrogen and oxygen atoms in total. The Bertz CT molecular complexity index is 1070. The van der Waals surface area contributed by atoms with E-state index in [-0.39, 0.29) is 5.91 Å². The lowest BCUT2D eigenvalue weighted by atomic mass is 10.2. The first kappa shape index (κ1) is 16.5. The van der Waals surface area contributed by atoms with E-state index in [1.165, 1.54) is 0 Å². The van der Waals surface area contributed by atoms with Gasteiger partial charge in [0.25, 0.3) is 5.91 Å². The van der Waals surface area contributed by atoms with Gasteiger partial charge < -0.3 is 11.1 Å².